The second-order valence-electron chi connectivity index (χ2n) is 7.55. The molecule has 1 aliphatic heterocycles. The maximum absolute atomic E-state index is 12.6. The molecule has 1 amide bonds. The molecule has 0 bridgehead atoms. The van der Waals surface area contributed by atoms with Gasteiger partial charge in [0.1, 0.15) is 0 Å². The fourth-order valence-corrected chi connectivity index (χ4v) is 3.70. The average molecular weight is 374 g/mol. The van der Waals surface area contributed by atoms with Gasteiger partial charge in [-0.2, -0.15) is 5.10 Å². The van der Waals surface area contributed by atoms with Gasteiger partial charge in [0, 0.05) is 31.9 Å². The van der Waals surface area contributed by atoms with Gasteiger partial charge in [-0.15, -0.1) is 5.10 Å². The normalized spacial score (nSPS) is 17.2. The Balaban J connectivity index is 1.44. The van der Waals surface area contributed by atoms with Crippen LogP contribution in [0.1, 0.15) is 59.5 Å². The highest BCUT2D eigenvalue weighted by atomic mass is 16.2. The number of carbonyl (C=O) groups is 1. The van der Waals surface area contributed by atoms with Crippen LogP contribution in [0.4, 0.5) is 0 Å². The fourth-order valence-electron chi connectivity index (χ4n) is 3.70. The number of carbonyl (C=O) groups excluding carboxylic acids is 1. The van der Waals surface area contributed by atoms with Gasteiger partial charge in [-0.25, -0.2) is 0 Å². The van der Waals surface area contributed by atoms with Gasteiger partial charge in [0.15, 0.2) is 5.69 Å². The molecule has 1 atom stereocenters. The Labute approximate surface area is 160 Å². The highest BCUT2D eigenvalue weighted by Gasteiger charge is 2.17. The van der Waals surface area contributed by atoms with E-state index >= 15 is 0 Å². The molecule has 1 fully saturated rings. The molecule has 0 aromatic carbocycles. The fraction of sp³-hybridized carbons (Fsp3) is 0.684. The van der Waals surface area contributed by atoms with Crippen molar-refractivity contribution in [3.8, 4) is 0 Å². The molecule has 0 saturated carbocycles. The van der Waals surface area contributed by atoms with Gasteiger partial charge in [0.2, 0.25) is 0 Å². The van der Waals surface area contributed by atoms with Crippen LogP contribution < -0.4 is 5.32 Å². The lowest BCUT2D eigenvalue weighted by molar-refractivity contribution is 0.0787. The summed E-state index contributed by atoms with van der Waals surface area (Å²) in [7, 11) is 1.82. The SMILES string of the molecule is Cc1n[nH]c(C)c1CCCN(C)C(=O)c1cn(CC[C@@H]2CCCCN2)nn1. The standard InChI is InChI=1S/C19H31N7O/c1-14-17(15(2)22-21-14)8-6-11-25(3)19(27)18-13-26(24-23-18)12-9-16-7-4-5-10-20-16/h13,16,20H,4-12H2,1-3H3,(H,21,22)/t16-/m0/s1. The molecule has 3 rings (SSSR count). The lowest BCUT2D eigenvalue weighted by Gasteiger charge is -2.23. The summed E-state index contributed by atoms with van der Waals surface area (Å²) in [4.78, 5) is 14.3. The summed E-state index contributed by atoms with van der Waals surface area (Å²) >= 11 is 0. The third kappa shape index (κ3) is 5.15. The maximum atomic E-state index is 12.6. The Morgan fingerprint density at radius 3 is 2.93 bits per heavy atom. The summed E-state index contributed by atoms with van der Waals surface area (Å²) in [5.74, 6) is -0.0716. The zero-order chi connectivity index (χ0) is 19.2. The molecule has 0 spiro atoms. The lowest BCUT2D eigenvalue weighted by Crippen LogP contribution is -2.34. The van der Waals surface area contributed by atoms with Crippen LogP contribution in [0.15, 0.2) is 6.20 Å². The molecule has 0 radical (unpaired) electrons. The Morgan fingerprint density at radius 2 is 2.22 bits per heavy atom. The van der Waals surface area contributed by atoms with Crippen molar-refractivity contribution in [2.45, 2.75) is 65.0 Å². The minimum Gasteiger partial charge on any atom is -0.340 e. The Hall–Kier alpha value is -2.22. The van der Waals surface area contributed by atoms with Crippen molar-refractivity contribution in [1.29, 1.82) is 0 Å². The summed E-state index contributed by atoms with van der Waals surface area (Å²) in [5, 5.41) is 19.0. The minimum absolute atomic E-state index is 0.0716. The number of nitrogens with one attached hydrogen (secondary N) is 2. The molecule has 1 saturated heterocycles. The van der Waals surface area contributed by atoms with Crippen molar-refractivity contribution in [3.05, 3.63) is 28.8 Å². The molecule has 27 heavy (non-hydrogen) atoms. The number of H-pyrrole nitrogens is 1. The topological polar surface area (TPSA) is 91.7 Å². The van der Waals surface area contributed by atoms with Crippen LogP contribution in [0.2, 0.25) is 0 Å². The minimum atomic E-state index is -0.0716. The van der Waals surface area contributed by atoms with Crippen molar-refractivity contribution in [3.63, 3.8) is 0 Å². The molecule has 8 nitrogen and oxygen atoms in total. The average Bonchev–Trinajstić information content (AvgIpc) is 3.28. The second-order valence-corrected chi connectivity index (χ2v) is 7.55. The van der Waals surface area contributed by atoms with E-state index in [1.807, 2.05) is 20.9 Å². The summed E-state index contributed by atoms with van der Waals surface area (Å²) < 4.78 is 1.79. The highest BCUT2D eigenvalue weighted by molar-refractivity contribution is 5.91. The van der Waals surface area contributed by atoms with Crippen molar-refractivity contribution in [1.82, 2.24) is 35.4 Å². The molecule has 2 N–H and O–H groups in total. The van der Waals surface area contributed by atoms with Crippen molar-refractivity contribution in [2.24, 2.45) is 0 Å². The molecule has 1 aliphatic rings. The Kier molecular flexibility index (Phi) is 6.60. The number of rotatable bonds is 8. The first kappa shape index (κ1) is 19.5. The van der Waals surface area contributed by atoms with E-state index in [-0.39, 0.29) is 5.91 Å². The third-order valence-corrected chi connectivity index (χ3v) is 5.42. The van der Waals surface area contributed by atoms with E-state index in [2.05, 4.69) is 25.8 Å². The van der Waals surface area contributed by atoms with E-state index in [0.29, 0.717) is 18.3 Å². The van der Waals surface area contributed by atoms with E-state index < -0.39 is 0 Å². The molecular formula is C19H31N7O. The van der Waals surface area contributed by atoms with Crippen molar-refractivity contribution < 1.29 is 4.79 Å². The van der Waals surface area contributed by atoms with Crippen LogP contribution in [-0.2, 0) is 13.0 Å². The zero-order valence-corrected chi connectivity index (χ0v) is 16.7. The number of aromatic amines is 1. The van der Waals surface area contributed by atoms with Crippen LogP contribution in [-0.4, -0.2) is 62.2 Å². The predicted molar refractivity (Wildman–Crippen MR) is 104 cm³/mol. The van der Waals surface area contributed by atoms with Gasteiger partial charge in [-0.3, -0.25) is 14.6 Å². The van der Waals surface area contributed by atoms with Gasteiger partial charge in [-0.1, -0.05) is 11.6 Å². The van der Waals surface area contributed by atoms with Gasteiger partial charge in [0.25, 0.3) is 5.91 Å². The third-order valence-electron chi connectivity index (χ3n) is 5.42. The van der Waals surface area contributed by atoms with Gasteiger partial charge in [-0.05, 0) is 58.1 Å². The summed E-state index contributed by atoms with van der Waals surface area (Å²) in [6, 6.07) is 0.555. The van der Waals surface area contributed by atoms with Gasteiger partial charge < -0.3 is 10.2 Å². The van der Waals surface area contributed by atoms with E-state index in [9.17, 15) is 4.79 Å². The number of hydrogen-bond acceptors (Lipinski definition) is 5. The van der Waals surface area contributed by atoms with Crippen LogP contribution in [0.25, 0.3) is 0 Å². The smallest absolute Gasteiger partial charge is 0.275 e. The van der Waals surface area contributed by atoms with Crippen LogP contribution >= 0.6 is 0 Å². The van der Waals surface area contributed by atoms with Crippen LogP contribution in [0.3, 0.4) is 0 Å². The number of nitrogens with zero attached hydrogens (tertiary/aromatic N) is 5. The number of aromatic nitrogens is 5. The lowest BCUT2D eigenvalue weighted by atomic mass is 10.0. The molecule has 0 aliphatic carbocycles. The van der Waals surface area contributed by atoms with E-state index in [4.69, 9.17) is 0 Å². The molecule has 2 aromatic rings. The number of aryl methyl sites for hydroxylation is 3. The molecule has 0 unspecified atom stereocenters. The first-order valence-corrected chi connectivity index (χ1v) is 9.94. The zero-order valence-electron chi connectivity index (χ0n) is 16.7. The summed E-state index contributed by atoms with van der Waals surface area (Å²) in [5.41, 5.74) is 3.82. The number of hydrogen-bond donors (Lipinski definition) is 2. The Morgan fingerprint density at radius 1 is 1.37 bits per heavy atom. The first-order chi connectivity index (χ1) is 13.0. The monoisotopic (exact) mass is 373 g/mol. The van der Waals surface area contributed by atoms with Gasteiger partial charge >= 0.3 is 0 Å². The van der Waals surface area contributed by atoms with Gasteiger partial charge in [0.05, 0.1) is 11.9 Å². The highest BCUT2D eigenvalue weighted by Crippen LogP contribution is 2.13. The van der Waals surface area contributed by atoms with Crippen LogP contribution in [0.5, 0.6) is 0 Å². The second kappa shape index (κ2) is 9.12. The molecular weight excluding hydrogens is 342 g/mol. The molecule has 148 valence electrons. The van der Waals surface area contributed by atoms with E-state index in [0.717, 1.165) is 43.7 Å². The molecule has 8 heteroatoms. The van der Waals surface area contributed by atoms with Crippen molar-refractivity contribution in [2.75, 3.05) is 20.1 Å². The summed E-state index contributed by atoms with van der Waals surface area (Å²) in [6.07, 6.45) is 8.38. The van der Waals surface area contributed by atoms with Crippen LogP contribution in [0, 0.1) is 13.8 Å². The first-order valence-electron chi connectivity index (χ1n) is 9.94. The predicted octanol–water partition coefficient (Wildman–Crippen LogP) is 1.86. The number of amides is 1. The van der Waals surface area contributed by atoms with E-state index in [1.54, 1.807) is 15.8 Å². The van der Waals surface area contributed by atoms with E-state index in [1.165, 1.54) is 24.8 Å². The Bertz CT molecular complexity index is 726. The summed E-state index contributed by atoms with van der Waals surface area (Å²) in [6.45, 7) is 6.62. The number of piperidine rings is 1. The van der Waals surface area contributed by atoms with Crippen molar-refractivity contribution >= 4 is 5.91 Å². The molecule has 2 aromatic heterocycles. The quantitative estimate of drug-likeness (QED) is 0.737. The maximum Gasteiger partial charge on any atom is 0.275 e. The largest absolute Gasteiger partial charge is 0.340 e. The molecule has 3 heterocycles.